The van der Waals surface area contributed by atoms with Gasteiger partial charge in [0.05, 0.1) is 0 Å². The highest BCUT2D eigenvalue weighted by molar-refractivity contribution is 5.78. The van der Waals surface area contributed by atoms with Crippen LogP contribution in [-0.4, -0.2) is 12.5 Å². The predicted molar refractivity (Wildman–Crippen MR) is 83.4 cm³/mol. The Hall–Kier alpha value is -1.51. The summed E-state index contributed by atoms with van der Waals surface area (Å²) in [6.45, 7) is 0.721. The molecule has 0 heterocycles. The maximum absolute atomic E-state index is 12.2. The van der Waals surface area contributed by atoms with Crippen LogP contribution in [0.4, 0.5) is 5.69 Å². The van der Waals surface area contributed by atoms with Gasteiger partial charge in [-0.05, 0) is 37.0 Å². The fraction of sp³-hybridized carbons (Fsp3) is 0.588. The van der Waals surface area contributed by atoms with E-state index in [1.165, 1.54) is 37.7 Å². The smallest absolute Gasteiger partial charge is 0.223 e. The first kappa shape index (κ1) is 14.9. The Morgan fingerprint density at radius 3 is 2.30 bits per heavy atom. The van der Waals surface area contributed by atoms with Gasteiger partial charge in [-0.3, -0.25) is 4.79 Å². The summed E-state index contributed by atoms with van der Waals surface area (Å²) in [5, 5.41) is 3.09. The van der Waals surface area contributed by atoms with E-state index in [9.17, 15) is 4.79 Å². The molecule has 0 aromatic heterocycles. The van der Waals surface area contributed by atoms with E-state index in [-0.39, 0.29) is 11.8 Å². The van der Waals surface area contributed by atoms with Gasteiger partial charge in [-0.1, -0.05) is 44.2 Å². The second kappa shape index (κ2) is 7.93. The van der Waals surface area contributed by atoms with Gasteiger partial charge in [-0.15, -0.1) is 0 Å². The molecule has 3 heteroatoms. The van der Waals surface area contributed by atoms with Crippen molar-refractivity contribution in [3.05, 3.63) is 29.8 Å². The van der Waals surface area contributed by atoms with Crippen LogP contribution in [0.15, 0.2) is 24.3 Å². The first-order valence-corrected chi connectivity index (χ1v) is 7.88. The highest BCUT2D eigenvalue weighted by Gasteiger charge is 2.18. The molecule has 3 N–H and O–H groups in total. The van der Waals surface area contributed by atoms with Crippen molar-refractivity contribution in [3.8, 4) is 0 Å². The van der Waals surface area contributed by atoms with Crippen molar-refractivity contribution < 1.29 is 4.79 Å². The number of nitrogen functional groups attached to an aromatic ring is 1. The molecule has 1 saturated carbocycles. The quantitative estimate of drug-likeness (QED) is 0.828. The molecule has 20 heavy (non-hydrogen) atoms. The molecule has 1 aliphatic carbocycles. The Bertz CT molecular complexity index is 406. The summed E-state index contributed by atoms with van der Waals surface area (Å²) >= 11 is 0. The minimum atomic E-state index is 0.238. The number of benzene rings is 1. The van der Waals surface area contributed by atoms with Crippen molar-refractivity contribution >= 4 is 11.6 Å². The zero-order valence-electron chi connectivity index (χ0n) is 12.2. The van der Waals surface area contributed by atoms with Crippen LogP contribution in [0.1, 0.15) is 50.5 Å². The number of nitrogens with two attached hydrogens (primary N) is 1. The predicted octanol–water partition coefficient (Wildman–Crippen LogP) is 3.29. The topological polar surface area (TPSA) is 55.1 Å². The third kappa shape index (κ3) is 4.87. The summed E-state index contributed by atoms with van der Waals surface area (Å²) < 4.78 is 0. The van der Waals surface area contributed by atoms with E-state index in [0.29, 0.717) is 0 Å². The molecule has 1 aromatic carbocycles. The Morgan fingerprint density at radius 2 is 1.65 bits per heavy atom. The van der Waals surface area contributed by atoms with E-state index < -0.39 is 0 Å². The molecule has 0 saturated heterocycles. The van der Waals surface area contributed by atoms with E-state index >= 15 is 0 Å². The molecule has 1 amide bonds. The van der Waals surface area contributed by atoms with Gasteiger partial charge >= 0.3 is 0 Å². The van der Waals surface area contributed by atoms with Crippen LogP contribution in [-0.2, 0) is 11.2 Å². The SMILES string of the molecule is Nc1ccc(CCNC(=O)C2CCCCCCC2)cc1. The van der Waals surface area contributed by atoms with Crippen molar-refractivity contribution in [2.75, 3.05) is 12.3 Å². The van der Waals surface area contributed by atoms with Crippen molar-refractivity contribution in [1.82, 2.24) is 5.32 Å². The lowest BCUT2D eigenvalue weighted by Gasteiger charge is -2.19. The lowest BCUT2D eigenvalue weighted by atomic mass is 9.90. The van der Waals surface area contributed by atoms with Gasteiger partial charge in [0, 0.05) is 18.2 Å². The van der Waals surface area contributed by atoms with Crippen LogP contribution < -0.4 is 11.1 Å². The number of amides is 1. The van der Waals surface area contributed by atoms with Gasteiger partial charge in [0.15, 0.2) is 0 Å². The fourth-order valence-corrected chi connectivity index (χ4v) is 2.88. The molecule has 0 spiro atoms. The molecule has 0 aliphatic heterocycles. The maximum Gasteiger partial charge on any atom is 0.223 e. The first-order chi connectivity index (χ1) is 9.75. The lowest BCUT2D eigenvalue weighted by molar-refractivity contribution is -0.125. The Labute approximate surface area is 121 Å². The molecule has 110 valence electrons. The first-order valence-electron chi connectivity index (χ1n) is 7.88. The largest absolute Gasteiger partial charge is 0.399 e. The summed E-state index contributed by atoms with van der Waals surface area (Å²) in [4.78, 5) is 12.2. The van der Waals surface area contributed by atoms with E-state index in [1.54, 1.807) is 0 Å². The monoisotopic (exact) mass is 274 g/mol. The number of hydrogen-bond donors (Lipinski definition) is 2. The summed E-state index contributed by atoms with van der Waals surface area (Å²) in [6.07, 6.45) is 9.32. The van der Waals surface area contributed by atoms with Crippen LogP contribution in [0.5, 0.6) is 0 Å². The molecule has 1 fully saturated rings. The highest BCUT2D eigenvalue weighted by Crippen LogP contribution is 2.22. The number of carbonyl (C=O) groups excluding carboxylic acids is 1. The van der Waals surface area contributed by atoms with Crippen LogP contribution in [0, 0.1) is 5.92 Å². The fourth-order valence-electron chi connectivity index (χ4n) is 2.88. The molecule has 0 atom stereocenters. The van der Waals surface area contributed by atoms with Gasteiger partial charge in [-0.2, -0.15) is 0 Å². The normalized spacial score (nSPS) is 17.2. The highest BCUT2D eigenvalue weighted by atomic mass is 16.1. The van der Waals surface area contributed by atoms with Crippen LogP contribution in [0.3, 0.4) is 0 Å². The zero-order chi connectivity index (χ0) is 14.2. The van der Waals surface area contributed by atoms with Gasteiger partial charge in [0.25, 0.3) is 0 Å². The molecule has 1 aliphatic rings. The van der Waals surface area contributed by atoms with Crippen LogP contribution >= 0.6 is 0 Å². The molecular formula is C17H26N2O. The van der Waals surface area contributed by atoms with Crippen molar-refractivity contribution in [3.63, 3.8) is 0 Å². The standard InChI is InChI=1S/C17H26N2O/c18-16-10-8-14(9-11-16)12-13-19-17(20)15-6-4-2-1-3-5-7-15/h8-11,15H,1-7,12-13,18H2,(H,19,20). The van der Waals surface area contributed by atoms with Crippen molar-refractivity contribution in [2.45, 2.75) is 51.4 Å². The Balaban J connectivity index is 1.72. The van der Waals surface area contributed by atoms with Crippen LogP contribution in [0.2, 0.25) is 0 Å². The number of rotatable bonds is 4. The Kier molecular flexibility index (Phi) is 5.90. The van der Waals surface area contributed by atoms with Gasteiger partial charge in [0.2, 0.25) is 5.91 Å². The van der Waals surface area contributed by atoms with E-state index in [0.717, 1.165) is 31.5 Å². The lowest BCUT2D eigenvalue weighted by Crippen LogP contribution is -2.32. The van der Waals surface area contributed by atoms with E-state index in [4.69, 9.17) is 5.73 Å². The second-order valence-corrected chi connectivity index (χ2v) is 5.82. The summed E-state index contributed by atoms with van der Waals surface area (Å²) in [5.41, 5.74) is 7.66. The number of anilines is 1. The molecule has 0 bridgehead atoms. The Morgan fingerprint density at radius 1 is 1.05 bits per heavy atom. The maximum atomic E-state index is 12.2. The zero-order valence-corrected chi connectivity index (χ0v) is 12.2. The number of hydrogen-bond acceptors (Lipinski definition) is 2. The molecule has 1 aromatic rings. The van der Waals surface area contributed by atoms with Gasteiger partial charge < -0.3 is 11.1 Å². The van der Waals surface area contributed by atoms with Crippen LogP contribution in [0.25, 0.3) is 0 Å². The molecule has 0 radical (unpaired) electrons. The molecular weight excluding hydrogens is 248 g/mol. The molecule has 3 nitrogen and oxygen atoms in total. The third-order valence-electron chi connectivity index (χ3n) is 4.17. The third-order valence-corrected chi connectivity index (χ3v) is 4.17. The van der Waals surface area contributed by atoms with Crippen molar-refractivity contribution in [2.24, 2.45) is 5.92 Å². The molecule has 2 rings (SSSR count). The number of nitrogens with one attached hydrogen (secondary N) is 1. The second-order valence-electron chi connectivity index (χ2n) is 5.82. The van der Waals surface area contributed by atoms with E-state index in [1.807, 2.05) is 24.3 Å². The minimum Gasteiger partial charge on any atom is -0.399 e. The molecule has 0 unspecified atom stereocenters. The average Bonchev–Trinajstić information content (AvgIpc) is 2.40. The summed E-state index contributed by atoms with van der Waals surface area (Å²) in [5.74, 6) is 0.490. The average molecular weight is 274 g/mol. The summed E-state index contributed by atoms with van der Waals surface area (Å²) in [6, 6.07) is 7.87. The summed E-state index contributed by atoms with van der Waals surface area (Å²) in [7, 11) is 0. The number of carbonyl (C=O) groups is 1. The van der Waals surface area contributed by atoms with Gasteiger partial charge in [0.1, 0.15) is 0 Å². The minimum absolute atomic E-state index is 0.238. The van der Waals surface area contributed by atoms with Crippen molar-refractivity contribution in [1.29, 1.82) is 0 Å². The van der Waals surface area contributed by atoms with E-state index in [2.05, 4.69) is 5.32 Å². The van der Waals surface area contributed by atoms with Gasteiger partial charge in [-0.25, -0.2) is 0 Å².